The molecule has 6 heteroatoms. The van der Waals surface area contributed by atoms with Gasteiger partial charge in [-0.3, -0.25) is 4.79 Å². The maximum atomic E-state index is 12.6. The molecule has 0 radical (unpaired) electrons. The number of carbonyl (C=O) groups is 1. The van der Waals surface area contributed by atoms with Gasteiger partial charge in [0.2, 0.25) is 11.8 Å². The fraction of sp³-hybridized carbons (Fsp3) is 0.625. The molecule has 2 aliphatic heterocycles. The van der Waals surface area contributed by atoms with Gasteiger partial charge in [-0.05, 0) is 48.4 Å². The molecule has 5 nitrogen and oxygen atoms in total. The van der Waals surface area contributed by atoms with E-state index in [1.54, 1.807) is 6.20 Å². The predicted molar refractivity (Wildman–Crippen MR) is 87.8 cm³/mol. The summed E-state index contributed by atoms with van der Waals surface area (Å²) in [6.07, 6.45) is 4.79. The summed E-state index contributed by atoms with van der Waals surface area (Å²) >= 11 is 3.36. The van der Waals surface area contributed by atoms with Gasteiger partial charge in [0.15, 0.2) is 0 Å². The Balaban J connectivity index is 1.53. The molecule has 1 aromatic heterocycles. The van der Waals surface area contributed by atoms with Gasteiger partial charge in [0.05, 0.1) is 12.5 Å². The molecule has 2 fully saturated rings. The molecule has 0 aromatic carbocycles. The highest BCUT2D eigenvalue weighted by Gasteiger charge is 2.33. The molecule has 22 heavy (non-hydrogen) atoms. The first kappa shape index (κ1) is 15.7. The number of pyridine rings is 1. The largest absolute Gasteiger partial charge is 0.472 e. The quantitative estimate of drug-likeness (QED) is 0.821. The van der Waals surface area contributed by atoms with Crippen LogP contribution in [-0.4, -0.2) is 60.0 Å². The van der Waals surface area contributed by atoms with Crippen molar-refractivity contribution in [1.29, 1.82) is 0 Å². The van der Waals surface area contributed by atoms with Crippen LogP contribution in [0.5, 0.6) is 5.88 Å². The van der Waals surface area contributed by atoms with Crippen molar-refractivity contribution in [3.63, 3.8) is 0 Å². The predicted octanol–water partition coefficient (Wildman–Crippen LogP) is 2.17. The second kappa shape index (κ2) is 6.96. The molecule has 0 saturated carbocycles. The van der Waals surface area contributed by atoms with Gasteiger partial charge in [0, 0.05) is 36.2 Å². The Morgan fingerprint density at radius 1 is 1.32 bits per heavy atom. The molecule has 0 N–H and O–H groups in total. The third kappa shape index (κ3) is 3.79. The van der Waals surface area contributed by atoms with Crippen LogP contribution in [0.4, 0.5) is 0 Å². The summed E-state index contributed by atoms with van der Waals surface area (Å²) in [5.74, 6) is 1.07. The van der Waals surface area contributed by atoms with E-state index in [0.29, 0.717) is 18.3 Å². The van der Waals surface area contributed by atoms with Crippen LogP contribution in [0.1, 0.15) is 19.3 Å². The average Bonchev–Trinajstić information content (AvgIpc) is 2.97. The first-order valence-corrected chi connectivity index (χ1v) is 8.66. The highest BCUT2D eigenvalue weighted by molar-refractivity contribution is 9.10. The number of hydrogen-bond donors (Lipinski definition) is 0. The molecule has 3 heterocycles. The van der Waals surface area contributed by atoms with Crippen molar-refractivity contribution >= 4 is 21.8 Å². The van der Waals surface area contributed by atoms with E-state index in [0.717, 1.165) is 43.4 Å². The number of amides is 1. The summed E-state index contributed by atoms with van der Waals surface area (Å²) in [5, 5.41) is 0. The van der Waals surface area contributed by atoms with E-state index in [1.807, 2.05) is 17.0 Å². The minimum atomic E-state index is 0.0546. The van der Waals surface area contributed by atoms with Crippen molar-refractivity contribution in [3.8, 4) is 5.88 Å². The summed E-state index contributed by atoms with van der Waals surface area (Å²) in [6, 6.07) is 3.77. The standard InChI is InChI=1S/C16H22BrN3O2/c1-19-7-2-3-12(10-19)16(21)20-8-6-14(11-20)22-15-5-4-13(17)9-18-15/h4-5,9,12,14H,2-3,6-8,10-11H2,1H3. The van der Waals surface area contributed by atoms with Gasteiger partial charge in [-0.2, -0.15) is 0 Å². The van der Waals surface area contributed by atoms with Gasteiger partial charge in [0.25, 0.3) is 0 Å². The van der Waals surface area contributed by atoms with E-state index in [2.05, 4.69) is 32.9 Å². The van der Waals surface area contributed by atoms with Crippen LogP contribution in [0, 0.1) is 5.92 Å². The molecule has 3 rings (SSSR count). The fourth-order valence-corrected chi connectivity index (χ4v) is 3.49. The van der Waals surface area contributed by atoms with Crippen molar-refractivity contribution in [2.75, 3.05) is 33.2 Å². The number of ether oxygens (including phenoxy) is 1. The Kier molecular flexibility index (Phi) is 4.98. The zero-order valence-corrected chi connectivity index (χ0v) is 14.5. The lowest BCUT2D eigenvalue weighted by molar-refractivity contribution is -0.136. The van der Waals surface area contributed by atoms with Crippen LogP contribution in [0.15, 0.2) is 22.8 Å². The zero-order valence-electron chi connectivity index (χ0n) is 12.9. The molecule has 0 spiro atoms. The molecule has 0 aliphatic carbocycles. The fourth-order valence-electron chi connectivity index (χ4n) is 3.25. The van der Waals surface area contributed by atoms with Crippen molar-refractivity contribution in [2.45, 2.75) is 25.4 Å². The number of carbonyl (C=O) groups excluding carboxylic acids is 1. The summed E-state index contributed by atoms with van der Waals surface area (Å²) in [4.78, 5) is 21.1. The molecule has 0 bridgehead atoms. The first-order valence-electron chi connectivity index (χ1n) is 7.87. The van der Waals surface area contributed by atoms with E-state index < -0.39 is 0 Å². The van der Waals surface area contributed by atoms with Crippen molar-refractivity contribution < 1.29 is 9.53 Å². The first-order chi connectivity index (χ1) is 10.6. The Bertz CT molecular complexity index is 523. The summed E-state index contributed by atoms with van der Waals surface area (Å²) in [5.41, 5.74) is 0. The lowest BCUT2D eigenvalue weighted by Gasteiger charge is -2.31. The van der Waals surface area contributed by atoms with Gasteiger partial charge in [-0.1, -0.05) is 0 Å². The summed E-state index contributed by atoms with van der Waals surface area (Å²) in [7, 11) is 2.09. The van der Waals surface area contributed by atoms with Gasteiger partial charge < -0.3 is 14.5 Å². The third-order valence-corrected chi connectivity index (χ3v) is 4.89. The molecule has 1 amide bonds. The van der Waals surface area contributed by atoms with Crippen LogP contribution < -0.4 is 4.74 Å². The summed E-state index contributed by atoms with van der Waals surface area (Å²) in [6.45, 7) is 3.46. The number of nitrogens with zero attached hydrogens (tertiary/aromatic N) is 3. The molecule has 2 aliphatic rings. The van der Waals surface area contributed by atoms with Crippen molar-refractivity contribution in [3.05, 3.63) is 22.8 Å². The molecular weight excluding hydrogens is 346 g/mol. The van der Waals surface area contributed by atoms with E-state index in [4.69, 9.17) is 4.74 Å². The van der Waals surface area contributed by atoms with Gasteiger partial charge >= 0.3 is 0 Å². The maximum absolute atomic E-state index is 12.6. The van der Waals surface area contributed by atoms with Crippen molar-refractivity contribution in [1.82, 2.24) is 14.8 Å². The van der Waals surface area contributed by atoms with Gasteiger partial charge in [-0.15, -0.1) is 0 Å². The lowest BCUT2D eigenvalue weighted by atomic mass is 9.97. The van der Waals surface area contributed by atoms with Crippen LogP contribution in [0.25, 0.3) is 0 Å². The van der Waals surface area contributed by atoms with E-state index >= 15 is 0 Å². The Hall–Kier alpha value is -1.14. The highest BCUT2D eigenvalue weighted by Crippen LogP contribution is 2.23. The molecule has 120 valence electrons. The van der Waals surface area contributed by atoms with E-state index in [1.165, 1.54) is 0 Å². The second-order valence-electron chi connectivity index (χ2n) is 6.23. The molecule has 2 atom stereocenters. The van der Waals surface area contributed by atoms with E-state index in [-0.39, 0.29) is 12.0 Å². The number of likely N-dealkylation sites (tertiary alicyclic amines) is 2. The summed E-state index contributed by atoms with van der Waals surface area (Å²) < 4.78 is 6.82. The van der Waals surface area contributed by atoms with Crippen LogP contribution in [-0.2, 0) is 4.79 Å². The van der Waals surface area contributed by atoms with Crippen molar-refractivity contribution in [2.24, 2.45) is 5.92 Å². The molecule has 2 unspecified atom stereocenters. The molecule has 2 saturated heterocycles. The number of rotatable bonds is 3. The Labute approximate surface area is 139 Å². The molecule has 1 aromatic rings. The monoisotopic (exact) mass is 367 g/mol. The Morgan fingerprint density at radius 2 is 2.18 bits per heavy atom. The number of piperidine rings is 1. The topological polar surface area (TPSA) is 45.7 Å². The minimum absolute atomic E-state index is 0.0546. The minimum Gasteiger partial charge on any atom is -0.472 e. The lowest BCUT2D eigenvalue weighted by Crippen LogP contribution is -2.43. The Morgan fingerprint density at radius 3 is 2.91 bits per heavy atom. The second-order valence-corrected chi connectivity index (χ2v) is 7.14. The maximum Gasteiger partial charge on any atom is 0.227 e. The van der Waals surface area contributed by atoms with Crippen LogP contribution in [0.2, 0.25) is 0 Å². The number of hydrogen-bond acceptors (Lipinski definition) is 4. The van der Waals surface area contributed by atoms with Gasteiger partial charge in [-0.25, -0.2) is 4.98 Å². The number of aromatic nitrogens is 1. The zero-order chi connectivity index (χ0) is 15.5. The third-order valence-electron chi connectivity index (χ3n) is 4.42. The number of halogens is 1. The SMILES string of the molecule is CN1CCCC(C(=O)N2CCC(Oc3ccc(Br)cn3)C2)C1. The van der Waals surface area contributed by atoms with Crippen LogP contribution >= 0.6 is 15.9 Å². The smallest absolute Gasteiger partial charge is 0.227 e. The molecular formula is C16H22BrN3O2. The van der Waals surface area contributed by atoms with E-state index in [9.17, 15) is 4.79 Å². The van der Waals surface area contributed by atoms with Crippen LogP contribution in [0.3, 0.4) is 0 Å². The highest BCUT2D eigenvalue weighted by atomic mass is 79.9. The normalized spacial score (nSPS) is 26.2. The van der Waals surface area contributed by atoms with Gasteiger partial charge in [0.1, 0.15) is 6.10 Å². The average molecular weight is 368 g/mol.